The average Bonchev–Trinajstić information content (AvgIpc) is 2.45. The number of hydrogen-bond donors (Lipinski definition) is 1. The highest BCUT2D eigenvalue weighted by molar-refractivity contribution is 4.88. The molecule has 1 aliphatic rings. The van der Waals surface area contributed by atoms with Crippen molar-refractivity contribution in [1.29, 1.82) is 0 Å². The molecule has 0 radical (unpaired) electrons. The van der Waals surface area contributed by atoms with Crippen LogP contribution in [0.25, 0.3) is 0 Å². The van der Waals surface area contributed by atoms with Crippen LogP contribution in [0.15, 0.2) is 0 Å². The number of unbranched alkanes of at least 4 members (excludes halogenated alkanes) is 6. The van der Waals surface area contributed by atoms with E-state index in [1.54, 1.807) is 0 Å². The van der Waals surface area contributed by atoms with Crippen LogP contribution in [0.2, 0.25) is 0 Å². The van der Waals surface area contributed by atoms with Gasteiger partial charge in [0.1, 0.15) is 0 Å². The van der Waals surface area contributed by atoms with Gasteiger partial charge in [0.05, 0.1) is 0 Å². The fraction of sp³-hybridized carbons (Fsp3) is 1.00. The summed E-state index contributed by atoms with van der Waals surface area (Å²) in [6, 6.07) is 0.781. The lowest BCUT2D eigenvalue weighted by Crippen LogP contribution is -2.41. The molecule has 1 saturated carbocycles. The van der Waals surface area contributed by atoms with Gasteiger partial charge in [-0.3, -0.25) is 0 Å². The molecule has 1 heteroatoms. The molecule has 126 valence electrons. The Kier molecular flexibility index (Phi) is 8.94. The Bertz CT molecular complexity index is 253. The lowest BCUT2D eigenvalue weighted by molar-refractivity contribution is 0.111. The summed E-state index contributed by atoms with van der Waals surface area (Å²) in [4.78, 5) is 0. The van der Waals surface area contributed by atoms with E-state index in [0.29, 0.717) is 5.41 Å². The third-order valence-electron chi connectivity index (χ3n) is 5.76. The molecule has 0 amide bonds. The molecular weight excluding hydrogens is 254 g/mol. The van der Waals surface area contributed by atoms with Crippen LogP contribution in [0.4, 0.5) is 0 Å². The monoisotopic (exact) mass is 295 g/mol. The van der Waals surface area contributed by atoms with Crippen LogP contribution in [0.3, 0.4) is 0 Å². The second kappa shape index (κ2) is 9.87. The van der Waals surface area contributed by atoms with Crippen LogP contribution in [0.1, 0.15) is 98.3 Å². The third kappa shape index (κ3) is 7.17. The smallest absolute Gasteiger partial charge is 0.00925 e. The van der Waals surface area contributed by atoms with Crippen molar-refractivity contribution >= 4 is 0 Å². The summed E-state index contributed by atoms with van der Waals surface area (Å²) in [7, 11) is 2.17. The highest BCUT2D eigenvalue weighted by Gasteiger charge is 2.34. The number of nitrogens with one attached hydrogen (secondary N) is 1. The maximum absolute atomic E-state index is 3.59. The van der Waals surface area contributed by atoms with Gasteiger partial charge in [0.15, 0.2) is 0 Å². The molecule has 1 nitrogen and oxygen atoms in total. The minimum atomic E-state index is 0.497. The van der Waals surface area contributed by atoms with Crippen LogP contribution >= 0.6 is 0 Å². The highest BCUT2D eigenvalue weighted by atomic mass is 14.9. The molecule has 1 rings (SSSR count). The second-order valence-electron chi connectivity index (χ2n) is 8.44. The molecule has 0 aromatic rings. The van der Waals surface area contributed by atoms with Crippen molar-refractivity contribution in [3.63, 3.8) is 0 Å². The molecule has 21 heavy (non-hydrogen) atoms. The summed E-state index contributed by atoms with van der Waals surface area (Å²) in [5.41, 5.74) is 0.497. The predicted molar refractivity (Wildman–Crippen MR) is 95.7 cm³/mol. The molecule has 1 N–H and O–H groups in total. The van der Waals surface area contributed by atoms with Gasteiger partial charge >= 0.3 is 0 Å². The maximum Gasteiger partial charge on any atom is 0.00925 e. The zero-order valence-corrected chi connectivity index (χ0v) is 15.5. The first-order chi connectivity index (χ1) is 9.99. The molecule has 0 aliphatic heterocycles. The van der Waals surface area contributed by atoms with E-state index in [2.05, 4.69) is 40.1 Å². The molecule has 0 heterocycles. The molecular formula is C20H41N. The van der Waals surface area contributed by atoms with Crippen molar-refractivity contribution in [2.75, 3.05) is 7.05 Å². The van der Waals surface area contributed by atoms with Gasteiger partial charge in [-0.15, -0.1) is 0 Å². The first kappa shape index (κ1) is 19.0. The van der Waals surface area contributed by atoms with E-state index in [-0.39, 0.29) is 0 Å². The van der Waals surface area contributed by atoms with E-state index in [1.165, 1.54) is 70.6 Å². The summed E-state index contributed by atoms with van der Waals surface area (Å²) in [5, 5.41) is 3.59. The van der Waals surface area contributed by atoms with Crippen LogP contribution in [-0.4, -0.2) is 13.1 Å². The van der Waals surface area contributed by atoms with Crippen LogP contribution in [0.5, 0.6) is 0 Å². The van der Waals surface area contributed by atoms with Crippen molar-refractivity contribution < 1.29 is 0 Å². The van der Waals surface area contributed by atoms with Gasteiger partial charge in [-0.1, -0.05) is 72.6 Å². The first-order valence-electron chi connectivity index (χ1n) is 9.66. The lowest BCUT2D eigenvalue weighted by Gasteiger charge is -2.42. The molecule has 1 fully saturated rings. The van der Waals surface area contributed by atoms with Crippen molar-refractivity contribution in [2.45, 2.75) is 104 Å². The van der Waals surface area contributed by atoms with Gasteiger partial charge in [0.2, 0.25) is 0 Å². The van der Waals surface area contributed by atoms with E-state index in [1.807, 2.05) is 0 Å². The average molecular weight is 296 g/mol. The Balaban J connectivity index is 2.26. The fourth-order valence-electron chi connectivity index (χ4n) is 4.11. The molecule has 0 aromatic carbocycles. The highest BCUT2D eigenvalue weighted by Crippen LogP contribution is 2.41. The Hall–Kier alpha value is -0.0400. The largest absolute Gasteiger partial charge is 0.317 e. The molecule has 0 bridgehead atoms. The Morgan fingerprint density at radius 2 is 1.52 bits per heavy atom. The lowest BCUT2D eigenvalue weighted by atomic mass is 9.66. The second-order valence-corrected chi connectivity index (χ2v) is 8.44. The molecule has 3 unspecified atom stereocenters. The van der Waals surface area contributed by atoms with Gasteiger partial charge in [0.25, 0.3) is 0 Å². The van der Waals surface area contributed by atoms with Gasteiger partial charge < -0.3 is 5.32 Å². The number of rotatable bonds is 9. The van der Waals surface area contributed by atoms with Gasteiger partial charge in [0, 0.05) is 6.04 Å². The normalized spacial score (nSPS) is 27.0. The molecule has 0 aromatic heterocycles. The van der Waals surface area contributed by atoms with Gasteiger partial charge in [-0.2, -0.15) is 0 Å². The number of hydrogen-bond acceptors (Lipinski definition) is 1. The van der Waals surface area contributed by atoms with Gasteiger partial charge in [-0.25, -0.2) is 0 Å². The van der Waals surface area contributed by atoms with E-state index in [9.17, 15) is 0 Å². The van der Waals surface area contributed by atoms with Crippen molar-refractivity contribution in [2.24, 2.45) is 17.3 Å². The topological polar surface area (TPSA) is 12.0 Å². The molecule has 0 spiro atoms. The third-order valence-corrected chi connectivity index (χ3v) is 5.76. The Morgan fingerprint density at radius 3 is 2.10 bits per heavy atom. The van der Waals surface area contributed by atoms with Gasteiger partial charge in [-0.05, 0) is 50.0 Å². The Labute approximate surface area is 134 Å². The first-order valence-corrected chi connectivity index (χ1v) is 9.66. The quantitative estimate of drug-likeness (QED) is 0.501. The van der Waals surface area contributed by atoms with E-state index in [4.69, 9.17) is 0 Å². The molecule has 1 aliphatic carbocycles. The maximum atomic E-state index is 3.59. The summed E-state index contributed by atoms with van der Waals surface area (Å²) in [6.07, 6.45) is 15.8. The Morgan fingerprint density at radius 1 is 0.905 bits per heavy atom. The fourth-order valence-corrected chi connectivity index (χ4v) is 4.11. The zero-order valence-electron chi connectivity index (χ0n) is 15.5. The van der Waals surface area contributed by atoms with Crippen LogP contribution in [-0.2, 0) is 0 Å². The minimum absolute atomic E-state index is 0.497. The predicted octanol–water partition coefficient (Wildman–Crippen LogP) is 6.18. The summed E-state index contributed by atoms with van der Waals surface area (Å²) in [5.74, 6) is 1.85. The van der Waals surface area contributed by atoms with Crippen molar-refractivity contribution in [1.82, 2.24) is 5.32 Å². The van der Waals surface area contributed by atoms with E-state index < -0.39 is 0 Å². The summed E-state index contributed by atoms with van der Waals surface area (Å²) < 4.78 is 0. The standard InChI is InChI=1S/C20H41N/c1-6-7-8-9-10-11-12-13-17-16-18(20(2,3)4)14-15-19(17)21-5/h17-19,21H,6-16H2,1-5H3. The van der Waals surface area contributed by atoms with E-state index >= 15 is 0 Å². The molecule has 3 atom stereocenters. The SMILES string of the molecule is CCCCCCCCCC1CC(C(C)(C)C)CCC1NC. The van der Waals surface area contributed by atoms with Crippen LogP contribution in [0, 0.1) is 17.3 Å². The van der Waals surface area contributed by atoms with Crippen molar-refractivity contribution in [3.8, 4) is 0 Å². The summed E-state index contributed by atoms with van der Waals surface area (Å²) >= 11 is 0. The molecule has 0 saturated heterocycles. The van der Waals surface area contributed by atoms with Crippen LogP contribution < -0.4 is 5.32 Å². The zero-order chi connectivity index (χ0) is 15.7. The van der Waals surface area contributed by atoms with E-state index in [0.717, 1.165) is 17.9 Å². The van der Waals surface area contributed by atoms with Crippen molar-refractivity contribution in [3.05, 3.63) is 0 Å². The summed E-state index contributed by atoms with van der Waals surface area (Å²) in [6.45, 7) is 9.60. The minimum Gasteiger partial charge on any atom is -0.317 e.